The number of benzene rings is 1. The first kappa shape index (κ1) is 39.9. The van der Waals surface area contributed by atoms with E-state index in [0.717, 1.165) is 73.8 Å². The Morgan fingerprint density at radius 1 is 0.941 bits per heavy atom. The summed E-state index contributed by atoms with van der Waals surface area (Å²) in [6, 6.07) is 10.1. The molecule has 0 bridgehead atoms. The molecule has 1 aliphatic heterocycles. The van der Waals surface area contributed by atoms with Crippen LogP contribution in [0.1, 0.15) is 148 Å². The summed E-state index contributed by atoms with van der Waals surface area (Å²) in [5, 5.41) is 16.5. The number of carbonyl (C=O) groups excluding carboxylic acids is 1. The summed E-state index contributed by atoms with van der Waals surface area (Å²) in [6.07, 6.45) is 13.4. The molecule has 3 unspecified atom stereocenters. The largest absolute Gasteiger partial charge is 0.497 e. The molecule has 3 aromatic rings. The molecule has 51 heavy (non-hydrogen) atoms. The van der Waals surface area contributed by atoms with Crippen LogP contribution in [0.3, 0.4) is 0 Å². The average molecular weight is 714 g/mol. The zero-order valence-corrected chi connectivity index (χ0v) is 33.1. The number of anilines is 1. The standard InChI is InChI=1S/C41H59N7O2S/c1-9-15-19-29(12-4)26-47(27-30(13-5)20-16-10-2)41-44-36(32-22-18-23-33(24-32)50-8)39(51-41)43-35-28(7)34(25-42)40(49)48-38(35)45-37(46-48)31(14-6)21-17-11-3/h18,22-24,29-31H,9-17,19-21,26-27H2,1-8H3/b43-35-. The van der Waals surface area contributed by atoms with Crippen LogP contribution in [0.2, 0.25) is 0 Å². The fraction of sp³-hybridized carbons (Fsp3) is 0.610. The molecule has 0 radical (unpaired) electrons. The molecular weight excluding hydrogens is 655 g/mol. The highest BCUT2D eigenvalue weighted by atomic mass is 32.1. The summed E-state index contributed by atoms with van der Waals surface area (Å²) in [4.78, 5) is 31.7. The van der Waals surface area contributed by atoms with Gasteiger partial charge < -0.3 is 9.64 Å². The Morgan fingerprint density at radius 2 is 1.59 bits per heavy atom. The van der Waals surface area contributed by atoms with Crippen molar-refractivity contribution < 1.29 is 9.53 Å². The van der Waals surface area contributed by atoms with Gasteiger partial charge in [-0.25, -0.2) is 15.0 Å². The maximum atomic E-state index is 13.6. The third-order valence-corrected chi connectivity index (χ3v) is 11.3. The number of ether oxygens (including phenoxy) is 1. The number of allylic oxidation sites excluding steroid dienone is 2. The number of hydrogen-bond acceptors (Lipinski definition) is 9. The minimum absolute atomic E-state index is 0.0389. The summed E-state index contributed by atoms with van der Waals surface area (Å²) >= 11 is 1.58. The maximum Gasteiger partial charge on any atom is 0.291 e. The molecule has 1 aromatic carbocycles. The second-order valence-electron chi connectivity index (χ2n) is 14.0. The fourth-order valence-corrected chi connectivity index (χ4v) is 7.83. The monoisotopic (exact) mass is 713 g/mol. The van der Waals surface area contributed by atoms with Crippen molar-refractivity contribution >= 4 is 33.1 Å². The normalized spacial score (nSPS) is 15.5. The molecule has 0 saturated carbocycles. The molecule has 4 rings (SSSR count). The van der Waals surface area contributed by atoms with Crippen LogP contribution in [-0.2, 0) is 0 Å². The SMILES string of the molecule is CCCCC(CC)CN(CC(CC)CCCC)c1nc(-c2cccc(OC)c2)c(/N=C2/C(C)=C(C#N)C(=O)n3nc(C(CC)CCCC)nc32)s1. The van der Waals surface area contributed by atoms with Gasteiger partial charge in [0.05, 0.1) is 7.11 Å². The predicted molar refractivity (Wildman–Crippen MR) is 211 cm³/mol. The average Bonchev–Trinajstić information content (AvgIpc) is 3.79. The van der Waals surface area contributed by atoms with Crippen LogP contribution in [0.25, 0.3) is 11.3 Å². The summed E-state index contributed by atoms with van der Waals surface area (Å²) < 4.78 is 6.92. The van der Waals surface area contributed by atoms with Gasteiger partial charge in [-0.05, 0) is 56.6 Å². The van der Waals surface area contributed by atoms with Gasteiger partial charge in [-0.2, -0.15) is 9.94 Å². The first-order valence-corrected chi connectivity index (χ1v) is 20.2. The topological polar surface area (TPSA) is 109 Å². The highest BCUT2D eigenvalue weighted by Crippen LogP contribution is 2.42. The molecule has 9 nitrogen and oxygen atoms in total. The van der Waals surface area contributed by atoms with Gasteiger partial charge in [0.15, 0.2) is 16.8 Å². The third-order valence-electron chi connectivity index (χ3n) is 10.3. The molecule has 3 atom stereocenters. The summed E-state index contributed by atoms with van der Waals surface area (Å²) in [6.45, 7) is 17.1. The number of thiazole rings is 1. The second kappa shape index (κ2) is 19.7. The number of aromatic nitrogens is 4. The lowest BCUT2D eigenvalue weighted by atomic mass is 9.96. The molecule has 0 N–H and O–H groups in total. The van der Waals surface area contributed by atoms with Crippen LogP contribution >= 0.6 is 11.3 Å². The third kappa shape index (κ3) is 9.73. The van der Waals surface area contributed by atoms with Crippen molar-refractivity contribution in [3.8, 4) is 23.1 Å². The van der Waals surface area contributed by atoms with Gasteiger partial charge >= 0.3 is 0 Å². The highest BCUT2D eigenvalue weighted by molar-refractivity contribution is 7.19. The lowest BCUT2D eigenvalue weighted by Crippen LogP contribution is -2.34. The summed E-state index contributed by atoms with van der Waals surface area (Å²) in [5.74, 6) is 2.56. The smallest absolute Gasteiger partial charge is 0.291 e. The van der Waals surface area contributed by atoms with Crippen LogP contribution in [0.5, 0.6) is 5.75 Å². The van der Waals surface area contributed by atoms with Crippen LogP contribution in [0.15, 0.2) is 40.4 Å². The Hall–Kier alpha value is -3.84. The first-order chi connectivity index (χ1) is 24.8. The van der Waals surface area contributed by atoms with Crippen molar-refractivity contribution in [1.82, 2.24) is 19.7 Å². The van der Waals surface area contributed by atoms with Gasteiger partial charge in [0.2, 0.25) is 0 Å². The van der Waals surface area contributed by atoms with E-state index >= 15 is 0 Å². The predicted octanol–water partition coefficient (Wildman–Crippen LogP) is 10.9. The molecule has 276 valence electrons. The van der Waals surface area contributed by atoms with E-state index in [4.69, 9.17) is 24.8 Å². The highest BCUT2D eigenvalue weighted by Gasteiger charge is 2.34. The minimum Gasteiger partial charge on any atom is -0.497 e. The molecule has 0 aliphatic carbocycles. The molecule has 0 fully saturated rings. The fourth-order valence-electron chi connectivity index (χ4n) is 6.84. The molecule has 0 amide bonds. The molecule has 2 aromatic heterocycles. The molecule has 3 heterocycles. The molecule has 0 spiro atoms. The van der Waals surface area contributed by atoms with Crippen molar-refractivity contribution in [3.63, 3.8) is 0 Å². The van der Waals surface area contributed by atoms with Crippen molar-refractivity contribution in [1.29, 1.82) is 5.26 Å². The van der Waals surface area contributed by atoms with Gasteiger partial charge in [0.1, 0.15) is 33.8 Å². The molecule has 1 aliphatic rings. The van der Waals surface area contributed by atoms with Crippen molar-refractivity contribution in [2.45, 2.75) is 131 Å². The Bertz CT molecular complexity index is 1680. The number of unbranched alkanes of at least 4 members (excludes halogenated alkanes) is 3. The number of methoxy groups -OCH3 is 1. The minimum atomic E-state index is -0.451. The zero-order valence-electron chi connectivity index (χ0n) is 32.3. The molecule has 0 saturated heterocycles. The molecule has 10 heteroatoms. The molecular formula is C41H59N7O2S. The Morgan fingerprint density at radius 3 is 2.16 bits per heavy atom. The number of nitriles is 1. The number of nitrogens with zero attached hydrogens (tertiary/aromatic N) is 7. The van der Waals surface area contributed by atoms with Crippen LogP contribution in [0, 0.1) is 23.2 Å². The van der Waals surface area contributed by atoms with Gasteiger partial charge in [0, 0.05) is 30.1 Å². The van der Waals surface area contributed by atoms with Gasteiger partial charge in [0.25, 0.3) is 5.91 Å². The van der Waals surface area contributed by atoms with Crippen molar-refractivity contribution in [2.24, 2.45) is 16.8 Å². The summed E-state index contributed by atoms with van der Waals surface area (Å²) in [7, 11) is 1.67. The number of aliphatic imine (C=N–C) groups is 1. The van der Waals surface area contributed by atoms with E-state index in [9.17, 15) is 10.1 Å². The van der Waals surface area contributed by atoms with E-state index in [2.05, 4.69) is 52.5 Å². The summed E-state index contributed by atoms with van der Waals surface area (Å²) in [5.41, 5.74) is 2.68. The van der Waals surface area contributed by atoms with Gasteiger partial charge in [-0.3, -0.25) is 4.79 Å². The van der Waals surface area contributed by atoms with E-state index < -0.39 is 5.91 Å². The Kier molecular flexibility index (Phi) is 15.4. The Balaban J connectivity index is 1.93. The van der Waals surface area contributed by atoms with Gasteiger partial charge in [-0.15, -0.1) is 5.10 Å². The number of hydrogen-bond donors (Lipinski definition) is 0. The van der Waals surface area contributed by atoms with E-state index in [1.165, 1.54) is 43.2 Å². The first-order valence-electron chi connectivity index (χ1n) is 19.4. The van der Waals surface area contributed by atoms with Crippen LogP contribution in [0.4, 0.5) is 10.1 Å². The van der Waals surface area contributed by atoms with Crippen molar-refractivity contribution in [3.05, 3.63) is 47.1 Å². The number of fused-ring (bicyclic) bond motifs is 1. The van der Waals surface area contributed by atoms with Crippen molar-refractivity contribution in [2.75, 3.05) is 25.1 Å². The van der Waals surface area contributed by atoms with Crippen LogP contribution < -0.4 is 9.64 Å². The lowest BCUT2D eigenvalue weighted by Gasteiger charge is -2.30. The van der Waals surface area contributed by atoms with E-state index in [1.54, 1.807) is 25.4 Å². The Labute approximate surface area is 310 Å². The number of carbonyl (C=O) groups is 1. The zero-order chi connectivity index (χ0) is 36.9. The number of rotatable bonds is 21. The van der Waals surface area contributed by atoms with E-state index in [1.807, 2.05) is 24.3 Å². The van der Waals surface area contributed by atoms with Crippen LogP contribution in [-0.4, -0.2) is 51.6 Å². The maximum absolute atomic E-state index is 13.6. The van der Waals surface area contributed by atoms with E-state index in [0.29, 0.717) is 39.8 Å². The van der Waals surface area contributed by atoms with E-state index in [-0.39, 0.29) is 11.5 Å². The second-order valence-corrected chi connectivity index (χ2v) is 14.9. The lowest BCUT2D eigenvalue weighted by molar-refractivity contribution is 0.0941. The van der Waals surface area contributed by atoms with Gasteiger partial charge in [-0.1, -0.05) is 116 Å². The quantitative estimate of drug-likeness (QED) is 0.108.